The third-order valence-electron chi connectivity index (χ3n) is 5.76. The summed E-state index contributed by atoms with van der Waals surface area (Å²) in [6, 6.07) is 16.4. The number of aromatic nitrogens is 1. The van der Waals surface area contributed by atoms with Gasteiger partial charge in [0.2, 0.25) is 0 Å². The average molecular weight is 424 g/mol. The maximum absolute atomic E-state index is 13.3. The fraction of sp³-hybridized carbons (Fsp3) is 0.375. The van der Waals surface area contributed by atoms with E-state index < -0.39 is 0 Å². The van der Waals surface area contributed by atoms with E-state index in [9.17, 15) is 4.79 Å². The number of morpholine rings is 1. The highest BCUT2D eigenvalue weighted by Gasteiger charge is 2.23. The first kappa shape index (κ1) is 20.8. The van der Waals surface area contributed by atoms with E-state index in [1.165, 1.54) is 4.88 Å². The summed E-state index contributed by atoms with van der Waals surface area (Å²) in [6.07, 6.45) is 0. The predicted molar refractivity (Wildman–Crippen MR) is 121 cm³/mol. The Kier molecular flexibility index (Phi) is 6.67. The zero-order valence-corrected chi connectivity index (χ0v) is 18.5. The van der Waals surface area contributed by atoms with Crippen LogP contribution in [0.2, 0.25) is 0 Å². The Labute approximate surface area is 182 Å². The SMILES string of the molecule is Cc1cc(C(=O)NC(CN2CCOCC2)c2ccccc2)c(C)n1Cc1cccs1. The van der Waals surface area contributed by atoms with Gasteiger partial charge < -0.3 is 14.6 Å². The van der Waals surface area contributed by atoms with E-state index in [4.69, 9.17) is 4.74 Å². The summed E-state index contributed by atoms with van der Waals surface area (Å²) in [5, 5.41) is 5.40. The molecule has 30 heavy (non-hydrogen) atoms. The van der Waals surface area contributed by atoms with Crippen molar-refractivity contribution in [1.82, 2.24) is 14.8 Å². The molecule has 158 valence electrons. The van der Waals surface area contributed by atoms with Crippen LogP contribution in [0.25, 0.3) is 0 Å². The van der Waals surface area contributed by atoms with Crippen molar-refractivity contribution in [3.8, 4) is 0 Å². The first-order chi connectivity index (χ1) is 14.6. The third kappa shape index (κ3) is 4.83. The molecule has 1 unspecified atom stereocenters. The van der Waals surface area contributed by atoms with Crippen molar-refractivity contribution in [3.63, 3.8) is 0 Å². The fourth-order valence-electron chi connectivity index (χ4n) is 4.03. The molecule has 0 radical (unpaired) electrons. The number of thiophene rings is 1. The van der Waals surface area contributed by atoms with Gasteiger partial charge in [0, 0.05) is 35.9 Å². The molecule has 2 aromatic heterocycles. The first-order valence-electron chi connectivity index (χ1n) is 10.5. The molecule has 6 heteroatoms. The lowest BCUT2D eigenvalue weighted by Crippen LogP contribution is -2.43. The molecule has 1 N–H and O–H groups in total. The van der Waals surface area contributed by atoms with Gasteiger partial charge in [-0.05, 0) is 36.9 Å². The topological polar surface area (TPSA) is 46.5 Å². The summed E-state index contributed by atoms with van der Waals surface area (Å²) in [6.45, 7) is 8.99. The van der Waals surface area contributed by atoms with Gasteiger partial charge in [-0.15, -0.1) is 11.3 Å². The standard InChI is InChI=1S/C24H29N3O2S/c1-18-15-22(19(2)27(18)16-21-9-6-14-30-21)24(28)25-23(20-7-4-3-5-8-20)17-26-10-12-29-13-11-26/h3-9,14-15,23H,10-13,16-17H2,1-2H3,(H,25,28). The van der Waals surface area contributed by atoms with E-state index >= 15 is 0 Å². The lowest BCUT2D eigenvalue weighted by molar-refractivity contribution is 0.0332. The molecule has 0 bridgehead atoms. The van der Waals surface area contributed by atoms with E-state index in [0.717, 1.165) is 61.9 Å². The van der Waals surface area contributed by atoms with Gasteiger partial charge >= 0.3 is 0 Å². The minimum Gasteiger partial charge on any atom is -0.379 e. The number of carbonyl (C=O) groups is 1. The first-order valence-corrected chi connectivity index (χ1v) is 11.3. The Morgan fingerprint density at radius 2 is 1.90 bits per heavy atom. The molecule has 1 saturated heterocycles. The molecule has 4 rings (SSSR count). The molecule has 0 spiro atoms. The average Bonchev–Trinajstić information content (AvgIpc) is 3.38. The summed E-state index contributed by atoms with van der Waals surface area (Å²) in [7, 11) is 0. The smallest absolute Gasteiger partial charge is 0.253 e. The number of rotatable bonds is 7. The Balaban J connectivity index is 1.53. The Hall–Kier alpha value is -2.41. The van der Waals surface area contributed by atoms with Crippen molar-refractivity contribution < 1.29 is 9.53 Å². The number of nitrogens with one attached hydrogen (secondary N) is 1. The van der Waals surface area contributed by atoms with Crippen LogP contribution in [0, 0.1) is 13.8 Å². The van der Waals surface area contributed by atoms with Crippen LogP contribution in [-0.2, 0) is 11.3 Å². The van der Waals surface area contributed by atoms with Crippen LogP contribution in [0.1, 0.15) is 38.2 Å². The van der Waals surface area contributed by atoms with Crippen LogP contribution in [0.5, 0.6) is 0 Å². The van der Waals surface area contributed by atoms with Gasteiger partial charge in [-0.25, -0.2) is 0 Å². The molecule has 5 nitrogen and oxygen atoms in total. The van der Waals surface area contributed by atoms with E-state index in [-0.39, 0.29) is 11.9 Å². The fourth-order valence-corrected chi connectivity index (χ4v) is 4.72. The highest BCUT2D eigenvalue weighted by atomic mass is 32.1. The van der Waals surface area contributed by atoms with Gasteiger partial charge in [0.25, 0.3) is 5.91 Å². The van der Waals surface area contributed by atoms with E-state index in [1.807, 2.05) is 31.2 Å². The highest BCUT2D eigenvalue weighted by Crippen LogP contribution is 2.21. The molecule has 1 aliphatic heterocycles. The molecule has 1 fully saturated rings. The van der Waals surface area contributed by atoms with E-state index in [2.05, 4.69) is 51.4 Å². The van der Waals surface area contributed by atoms with Crippen LogP contribution < -0.4 is 5.32 Å². The van der Waals surface area contributed by atoms with Gasteiger partial charge in [0.1, 0.15) is 0 Å². The summed E-state index contributed by atoms with van der Waals surface area (Å²) in [5.41, 5.74) is 4.00. The normalized spacial score (nSPS) is 15.8. The molecule has 3 aromatic rings. The van der Waals surface area contributed by atoms with E-state index in [0.29, 0.717) is 0 Å². The Bertz CT molecular complexity index is 960. The van der Waals surface area contributed by atoms with Crippen molar-refractivity contribution in [2.45, 2.75) is 26.4 Å². The van der Waals surface area contributed by atoms with Crippen molar-refractivity contribution in [3.05, 3.63) is 81.3 Å². The van der Waals surface area contributed by atoms with Crippen LogP contribution >= 0.6 is 11.3 Å². The number of hydrogen-bond acceptors (Lipinski definition) is 4. The lowest BCUT2D eigenvalue weighted by atomic mass is 10.1. The number of amides is 1. The maximum atomic E-state index is 13.3. The lowest BCUT2D eigenvalue weighted by Gasteiger charge is -2.31. The van der Waals surface area contributed by atoms with Crippen molar-refractivity contribution in [1.29, 1.82) is 0 Å². The molecule has 1 amide bonds. The molecule has 3 heterocycles. The molecular formula is C24H29N3O2S. The van der Waals surface area contributed by atoms with Gasteiger partial charge in [0.05, 0.1) is 31.4 Å². The predicted octanol–water partition coefficient (Wildman–Crippen LogP) is 4.02. The monoisotopic (exact) mass is 423 g/mol. The molecule has 1 atom stereocenters. The zero-order valence-electron chi connectivity index (χ0n) is 17.6. The Morgan fingerprint density at radius 1 is 1.13 bits per heavy atom. The molecule has 0 aliphatic carbocycles. The van der Waals surface area contributed by atoms with Crippen molar-refractivity contribution in [2.75, 3.05) is 32.8 Å². The van der Waals surface area contributed by atoms with Crippen molar-refractivity contribution in [2.24, 2.45) is 0 Å². The summed E-state index contributed by atoms with van der Waals surface area (Å²) in [5.74, 6) is -0.0114. The molecular weight excluding hydrogens is 394 g/mol. The van der Waals surface area contributed by atoms with Gasteiger partial charge in [-0.3, -0.25) is 9.69 Å². The van der Waals surface area contributed by atoms with Crippen molar-refractivity contribution >= 4 is 17.2 Å². The van der Waals surface area contributed by atoms with Crippen LogP contribution in [0.3, 0.4) is 0 Å². The summed E-state index contributed by atoms with van der Waals surface area (Å²) >= 11 is 1.74. The van der Waals surface area contributed by atoms with Crippen LogP contribution in [0.15, 0.2) is 53.9 Å². The minimum atomic E-state index is -0.0582. The summed E-state index contributed by atoms with van der Waals surface area (Å²) in [4.78, 5) is 16.9. The third-order valence-corrected chi connectivity index (χ3v) is 6.63. The largest absolute Gasteiger partial charge is 0.379 e. The minimum absolute atomic E-state index is 0.0114. The second-order valence-electron chi connectivity index (χ2n) is 7.80. The highest BCUT2D eigenvalue weighted by molar-refractivity contribution is 7.09. The number of benzene rings is 1. The van der Waals surface area contributed by atoms with Gasteiger partial charge in [-0.2, -0.15) is 0 Å². The number of aryl methyl sites for hydroxylation is 1. The van der Waals surface area contributed by atoms with Gasteiger partial charge in [-0.1, -0.05) is 36.4 Å². The summed E-state index contributed by atoms with van der Waals surface area (Å²) < 4.78 is 7.70. The molecule has 1 aliphatic rings. The number of nitrogens with zero attached hydrogens (tertiary/aromatic N) is 2. The maximum Gasteiger partial charge on any atom is 0.253 e. The number of carbonyl (C=O) groups excluding carboxylic acids is 1. The zero-order chi connectivity index (χ0) is 20.9. The quantitative estimate of drug-likeness (QED) is 0.624. The van der Waals surface area contributed by atoms with Crippen LogP contribution in [0.4, 0.5) is 0 Å². The number of ether oxygens (including phenoxy) is 1. The van der Waals surface area contributed by atoms with Gasteiger partial charge in [0.15, 0.2) is 0 Å². The second-order valence-corrected chi connectivity index (χ2v) is 8.83. The van der Waals surface area contributed by atoms with Crippen LogP contribution in [-0.4, -0.2) is 48.2 Å². The molecule has 1 aromatic carbocycles. The second kappa shape index (κ2) is 9.60. The number of hydrogen-bond donors (Lipinski definition) is 1. The van der Waals surface area contributed by atoms with E-state index in [1.54, 1.807) is 11.3 Å². The molecule has 0 saturated carbocycles. The Morgan fingerprint density at radius 3 is 2.60 bits per heavy atom.